The summed E-state index contributed by atoms with van der Waals surface area (Å²) in [4.78, 5) is 18.6. The van der Waals surface area contributed by atoms with Crippen molar-refractivity contribution in [2.45, 2.75) is 51.4 Å². The van der Waals surface area contributed by atoms with Crippen molar-refractivity contribution in [2.75, 3.05) is 19.8 Å². The zero-order valence-corrected chi connectivity index (χ0v) is 14.0. The average Bonchev–Trinajstić information content (AvgIpc) is 3.05. The first-order valence-corrected chi connectivity index (χ1v) is 9.31. The first kappa shape index (κ1) is 14.6. The molecule has 1 saturated heterocycles. The number of aromatic nitrogens is 1. The van der Waals surface area contributed by atoms with Gasteiger partial charge in [0, 0.05) is 36.5 Å². The Hall–Kier alpha value is -0.940. The molecule has 0 radical (unpaired) electrons. The highest BCUT2D eigenvalue weighted by Crippen LogP contribution is 2.59. The Labute approximate surface area is 135 Å². The van der Waals surface area contributed by atoms with E-state index in [9.17, 15) is 4.79 Å². The van der Waals surface area contributed by atoms with Crippen LogP contribution in [-0.2, 0) is 16.0 Å². The number of nitrogens with zero attached hydrogens (tertiary/aromatic N) is 1. The second-order valence-corrected chi connectivity index (χ2v) is 8.39. The third kappa shape index (κ3) is 2.58. The molecule has 1 spiro atoms. The second kappa shape index (κ2) is 5.60. The lowest BCUT2D eigenvalue weighted by Crippen LogP contribution is -2.33. The fraction of sp³-hybridized carbons (Fsp3) is 0.765. The van der Waals surface area contributed by atoms with E-state index in [2.05, 4.69) is 12.2 Å². The maximum absolute atomic E-state index is 12.5. The number of nitrogens with one attached hydrogen (secondary N) is 1. The van der Waals surface area contributed by atoms with Gasteiger partial charge in [0.15, 0.2) is 0 Å². The first-order valence-electron chi connectivity index (χ1n) is 8.50. The highest BCUT2D eigenvalue weighted by molar-refractivity contribution is 7.11. The second-order valence-electron chi connectivity index (χ2n) is 7.11. The van der Waals surface area contributed by atoms with Crippen LogP contribution in [0.15, 0.2) is 0 Å². The summed E-state index contributed by atoms with van der Waals surface area (Å²) in [5, 5.41) is 4.38. The average molecular weight is 320 g/mol. The zero-order valence-electron chi connectivity index (χ0n) is 13.2. The van der Waals surface area contributed by atoms with E-state index in [1.54, 1.807) is 0 Å². The summed E-state index contributed by atoms with van der Waals surface area (Å²) in [6.45, 7) is 4.50. The number of aryl methyl sites for hydroxylation is 2. The van der Waals surface area contributed by atoms with E-state index in [1.165, 1.54) is 17.0 Å². The van der Waals surface area contributed by atoms with Crippen molar-refractivity contribution < 1.29 is 9.53 Å². The number of carbonyl (C=O) groups is 1. The number of rotatable bonds is 3. The molecule has 2 heterocycles. The number of amides is 1. The number of thiazole rings is 1. The predicted molar refractivity (Wildman–Crippen MR) is 86.1 cm³/mol. The van der Waals surface area contributed by atoms with Crippen LogP contribution in [0.1, 0.15) is 53.6 Å². The Bertz CT molecular complexity index is 577. The Morgan fingerprint density at radius 3 is 3.09 bits per heavy atom. The van der Waals surface area contributed by atoms with Gasteiger partial charge in [-0.15, -0.1) is 11.3 Å². The van der Waals surface area contributed by atoms with Crippen LogP contribution in [0.25, 0.3) is 0 Å². The molecular formula is C17H24N2O2S. The molecule has 3 aliphatic rings. The molecule has 1 amide bonds. The minimum absolute atomic E-state index is 0.233. The van der Waals surface area contributed by atoms with Gasteiger partial charge in [-0.2, -0.15) is 0 Å². The minimum atomic E-state index is 0.233. The number of carbonyl (C=O) groups excluding carboxylic acids is 1. The zero-order chi connectivity index (χ0) is 15.2. The molecule has 4 rings (SSSR count). The van der Waals surface area contributed by atoms with Crippen LogP contribution in [0.3, 0.4) is 0 Å². The summed E-state index contributed by atoms with van der Waals surface area (Å²) in [6.07, 6.45) is 6.72. The molecule has 1 aromatic rings. The Morgan fingerprint density at radius 1 is 1.45 bits per heavy atom. The fourth-order valence-corrected chi connectivity index (χ4v) is 5.29. The Kier molecular flexibility index (Phi) is 3.73. The van der Waals surface area contributed by atoms with Crippen LogP contribution in [0.5, 0.6) is 0 Å². The molecule has 2 unspecified atom stereocenters. The molecule has 22 heavy (non-hydrogen) atoms. The van der Waals surface area contributed by atoms with Gasteiger partial charge >= 0.3 is 0 Å². The van der Waals surface area contributed by atoms with Gasteiger partial charge in [0.2, 0.25) is 5.91 Å². The van der Waals surface area contributed by atoms with E-state index in [-0.39, 0.29) is 17.2 Å². The van der Waals surface area contributed by atoms with Gasteiger partial charge in [0.1, 0.15) is 0 Å². The van der Waals surface area contributed by atoms with Gasteiger partial charge in [-0.05, 0) is 50.9 Å². The summed E-state index contributed by atoms with van der Waals surface area (Å²) in [6, 6.07) is 0. The van der Waals surface area contributed by atoms with Crippen LogP contribution in [-0.4, -0.2) is 30.6 Å². The molecule has 1 saturated carbocycles. The fourth-order valence-electron chi connectivity index (χ4n) is 4.22. The predicted octanol–water partition coefficient (Wildman–Crippen LogP) is 2.80. The molecule has 1 aromatic heterocycles. The summed E-state index contributed by atoms with van der Waals surface area (Å²) in [5.41, 5.74) is 1.53. The van der Waals surface area contributed by atoms with E-state index in [1.807, 2.05) is 11.3 Å². The lowest BCUT2D eigenvalue weighted by molar-refractivity contribution is -0.123. The molecule has 1 aliphatic heterocycles. The molecule has 1 N–H and O–H groups in total. The van der Waals surface area contributed by atoms with Crippen molar-refractivity contribution in [1.29, 1.82) is 0 Å². The van der Waals surface area contributed by atoms with E-state index in [0.717, 1.165) is 56.9 Å². The van der Waals surface area contributed by atoms with Gasteiger partial charge in [-0.1, -0.05) is 0 Å². The Balaban J connectivity index is 1.35. The molecular weight excluding hydrogens is 296 g/mol. The highest BCUT2D eigenvalue weighted by Gasteiger charge is 2.57. The molecule has 2 fully saturated rings. The van der Waals surface area contributed by atoms with E-state index in [0.29, 0.717) is 5.92 Å². The Morgan fingerprint density at radius 2 is 2.27 bits per heavy atom. The van der Waals surface area contributed by atoms with Crippen LogP contribution in [0.4, 0.5) is 0 Å². The lowest BCUT2D eigenvalue weighted by Gasteiger charge is -2.24. The molecule has 120 valence electrons. The van der Waals surface area contributed by atoms with Gasteiger partial charge < -0.3 is 10.1 Å². The topological polar surface area (TPSA) is 51.2 Å². The monoisotopic (exact) mass is 320 g/mol. The molecule has 4 nitrogen and oxygen atoms in total. The molecule has 2 aliphatic carbocycles. The molecule has 0 bridgehead atoms. The molecule has 0 aromatic carbocycles. The lowest BCUT2D eigenvalue weighted by atomic mass is 9.90. The van der Waals surface area contributed by atoms with E-state index >= 15 is 0 Å². The highest BCUT2D eigenvalue weighted by atomic mass is 32.1. The summed E-state index contributed by atoms with van der Waals surface area (Å²) in [5.74, 6) is 0.916. The third-order valence-corrected chi connectivity index (χ3v) is 6.74. The quantitative estimate of drug-likeness (QED) is 0.932. The smallest absolute Gasteiger partial charge is 0.223 e. The van der Waals surface area contributed by atoms with Crippen LogP contribution in [0, 0.1) is 18.3 Å². The van der Waals surface area contributed by atoms with Crippen LogP contribution < -0.4 is 5.32 Å². The number of hydrogen-bond donors (Lipinski definition) is 1. The van der Waals surface area contributed by atoms with E-state index < -0.39 is 0 Å². The van der Waals surface area contributed by atoms with Crippen LogP contribution in [0.2, 0.25) is 0 Å². The normalized spacial score (nSPS) is 29.1. The number of hydrogen-bond acceptors (Lipinski definition) is 4. The van der Waals surface area contributed by atoms with Crippen molar-refractivity contribution in [3.63, 3.8) is 0 Å². The van der Waals surface area contributed by atoms with Crippen molar-refractivity contribution in [3.05, 3.63) is 15.6 Å². The third-order valence-electron chi connectivity index (χ3n) is 5.70. The number of ether oxygens (including phenoxy) is 1. The van der Waals surface area contributed by atoms with E-state index in [4.69, 9.17) is 9.72 Å². The van der Waals surface area contributed by atoms with Crippen molar-refractivity contribution in [2.24, 2.45) is 11.3 Å². The van der Waals surface area contributed by atoms with Crippen LogP contribution >= 0.6 is 11.3 Å². The number of fused-ring (bicyclic) bond motifs is 1. The van der Waals surface area contributed by atoms with Crippen molar-refractivity contribution >= 4 is 17.2 Å². The maximum Gasteiger partial charge on any atom is 0.223 e. The van der Waals surface area contributed by atoms with Crippen molar-refractivity contribution in [1.82, 2.24) is 10.3 Å². The first-order chi connectivity index (χ1) is 10.7. The summed E-state index contributed by atoms with van der Waals surface area (Å²) < 4.78 is 5.43. The van der Waals surface area contributed by atoms with Gasteiger partial charge in [-0.25, -0.2) is 4.98 Å². The van der Waals surface area contributed by atoms with Crippen molar-refractivity contribution in [3.8, 4) is 0 Å². The van der Waals surface area contributed by atoms with Gasteiger partial charge in [-0.3, -0.25) is 4.79 Å². The van der Waals surface area contributed by atoms with Gasteiger partial charge in [0.05, 0.1) is 10.7 Å². The molecule has 5 heteroatoms. The SMILES string of the molecule is Cc1nc2c(s1)CCCC2CNC(=O)C1CC12CCOCC2. The standard InChI is InChI=1S/C17H24N2O2S/c1-11-19-15-12(3-2-4-14(15)22-11)10-18-16(20)13-9-17(13)5-7-21-8-6-17/h12-13H,2-10H2,1H3,(H,18,20). The summed E-state index contributed by atoms with van der Waals surface area (Å²) in [7, 11) is 0. The molecule has 2 atom stereocenters. The maximum atomic E-state index is 12.5. The van der Waals surface area contributed by atoms with Gasteiger partial charge in [0.25, 0.3) is 0 Å². The minimum Gasteiger partial charge on any atom is -0.381 e. The largest absolute Gasteiger partial charge is 0.381 e. The summed E-state index contributed by atoms with van der Waals surface area (Å²) >= 11 is 1.83.